The van der Waals surface area contributed by atoms with E-state index in [4.69, 9.17) is 0 Å². The largest absolute Gasteiger partial charge is 0.323 e. The number of rotatable bonds is 1. The van der Waals surface area contributed by atoms with Crippen molar-refractivity contribution < 1.29 is 4.79 Å². The number of carbonyl (C=O) groups excluding carboxylic acids is 1. The average Bonchev–Trinajstić information content (AvgIpc) is 2.83. The van der Waals surface area contributed by atoms with Crippen molar-refractivity contribution in [2.45, 2.75) is 0 Å². The van der Waals surface area contributed by atoms with E-state index in [0.29, 0.717) is 5.82 Å². The molecule has 1 aromatic heterocycles. The van der Waals surface area contributed by atoms with E-state index in [9.17, 15) is 4.79 Å². The number of benzene rings is 1. The third-order valence-electron chi connectivity index (χ3n) is 2.90. The van der Waals surface area contributed by atoms with Gasteiger partial charge in [-0.25, -0.2) is 4.79 Å². The summed E-state index contributed by atoms with van der Waals surface area (Å²) >= 11 is 3.31. The van der Waals surface area contributed by atoms with Crippen LogP contribution in [0.5, 0.6) is 0 Å². The maximum absolute atomic E-state index is 12.1. The van der Waals surface area contributed by atoms with Crippen molar-refractivity contribution in [3.8, 4) is 0 Å². The molecular formula is C12H13N3OS2. The summed E-state index contributed by atoms with van der Waals surface area (Å²) in [6, 6.07) is 7.91. The summed E-state index contributed by atoms with van der Waals surface area (Å²) in [6.45, 7) is 1.64. The van der Waals surface area contributed by atoms with Crippen LogP contribution in [0.15, 0.2) is 24.3 Å². The molecule has 0 unspecified atom stereocenters. The van der Waals surface area contributed by atoms with Crippen LogP contribution in [-0.2, 0) is 0 Å². The van der Waals surface area contributed by atoms with E-state index in [-0.39, 0.29) is 6.03 Å². The van der Waals surface area contributed by atoms with Crippen molar-refractivity contribution in [3.05, 3.63) is 24.3 Å². The second-order valence-corrected chi connectivity index (χ2v) is 6.09. The van der Waals surface area contributed by atoms with E-state index >= 15 is 0 Å². The van der Waals surface area contributed by atoms with Crippen LogP contribution in [-0.4, -0.2) is 39.9 Å². The minimum atomic E-state index is -0.0358. The summed E-state index contributed by atoms with van der Waals surface area (Å²) in [6.07, 6.45) is 0. The first kappa shape index (κ1) is 11.8. The number of carbonyl (C=O) groups is 1. The summed E-state index contributed by atoms with van der Waals surface area (Å²) in [5.74, 6) is 2.72. The van der Waals surface area contributed by atoms with Gasteiger partial charge in [-0.15, -0.1) is 0 Å². The first-order valence-corrected chi connectivity index (χ1v) is 7.75. The van der Waals surface area contributed by atoms with Gasteiger partial charge in [0.25, 0.3) is 0 Å². The van der Waals surface area contributed by atoms with Gasteiger partial charge in [0.2, 0.25) is 0 Å². The van der Waals surface area contributed by atoms with Gasteiger partial charge in [-0.05, 0) is 23.7 Å². The van der Waals surface area contributed by atoms with Gasteiger partial charge in [-0.3, -0.25) is 5.32 Å². The lowest BCUT2D eigenvalue weighted by atomic mass is 10.3. The zero-order valence-corrected chi connectivity index (χ0v) is 11.4. The zero-order chi connectivity index (χ0) is 12.4. The molecule has 0 atom stereocenters. The van der Waals surface area contributed by atoms with Gasteiger partial charge in [0.05, 0.1) is 4.70 Å². The number of hydrogen-bond acceptors (Lipinski definition) is 4. The predicted octanol–water partition coefficient (Wildman–Crippen LogP) is 2.88. The number of nitrogens with one attached hydrogen (secondary N) is 1. The van der Waals surface area contributed by atoms with Crippen molar-refractivity contribution >= 4 is 45.2 Å². The Kier molecular flexibility index (Phi) is 3.38. The minimum Gasteiger partial charge on any atom is -0.323 e. The molecule has 0 bridgehead atoms. The Hall–Kier alpha value is -1.27. The predicted molar refractivity (Wildman–Crippen MR) is 77.5 cm³/mol. The summed E-state index contributed by atoms with van der Waals surface area (Å²) in [7, 11) is 0. The zero-order valence-electron chi connectivity index (χ0n) is 9.76. The van der Waals surface area contributed by atoms with Gasteiger partial charge in [0.15, 0.2) is 5.82 Å². The number of thioether (sulfide) groups is 1. The monoisotopic (exact) mass is 279 g/mol. The molecule has 1 saturated heterocycles. The van der Waals surface area contributed by atoms with Gasteiger partial charge in [0.1, 0.15) is 0 Å². The summed E-state index contributed by atoms with van der Waals surface area (Å²) in [4.78, 5) is 13.9. The van der Waals surface area contributed by atoms with E-state index in [0.717, 1.165) is 34.7 Å². The minimum absolute atomic E-state index is 0.0358. The number of amides is 2. The Labute approximate surface area is 114 Å². The summed E-state index contributed by atoms with van der Waals surface area (Å²) < 4.78 is 5.41. The first-order valence-electron chi connectivity index (χ1n) is 5.83. The van der Waals surface area contributed by atoms with Crippen LogP contribution in [0.3, 0.4) is 0 Å². The van der Waals surface area contributed by atoms with E-state index in [2.05, 4.69) is 9.69 Å². The molecule has 0 aliphatic carbocycles. The van der Waals surface area contributed by atoms with Crippen LogP contribution in [0.25, 0.3) is 10.1 Å². The van der Waals surface area contributed by atoms with E-state index < -0.39 is 0 Å². The molecule has 4 nitrogen and oxygen atoms in total. The third kappa shape index (κ3) is 2.30. The molecule has 18 heavy (non-hydrogen) atoms. The Morgan fingerprint density at radius 1 is 1.28 bits per heavy atom. The summed E-state index contributed by atoms with van der Waals surface area (Å²) in [5, 5.41) is 3.93. The number of hydrogen-bond donors (Lipinski definition) is 1. The Morgan fingerprint density at radius 3 is 2.89 bits per heavy atom. The average molecular weight is 279 g/mol. The smallest absolute Gasteiger partial charge is 0.323 e. The second-order valence-electron chi connectivity index (χ2n) is 4.06. The topological polar surface area (TPSA) is 45.2 Å². The van der Waals surface area contributed by atoms with E-state index in [1.165, 1.54) is 11.5 Å². The molecule has 2 heterocycles. The molecule has 1 aliphatic rings. The van der Waals surface area contributed by atoms with Gasteiger partial charge >= 0.3 is 6.03 Å². The fraction of sp³-hybridized carbons (Fsp3) is 0.333. The van der Waals surface area contributed by atoms with Crippen LogP contribution < -0.4 is 5.32 Å². The SMILES string of the molecule is O=C(Nc1nsc2ccccc12)N1CCSCC1. The first-order chi connectivity index (χ1) is 8.84. The van der Waals surface area contributed by atoms with Gasteiger partial charge in [0, 0.05) is 30.0 Å². The molecule has 1 N–H and O–H groups in total. The van der Waals surface area contributed by atoms with Crippen LogP contribution in [0.4, 0.5) is 10.6 Å². The van der Waals surface area contributed by atoms with Crippen LogP contribution in [0.1, 0.15) is 0 Å². The molecule has 1 fully saturated rings. The van der Waals surface area contributed by atoms with Crippen molar-refractivity contribution in [2.75, 3.05) is 29.9 Å². The molecule has 3 rings (SSSR count). The van der Waals surface area contributed by atoms with Crippen molar-refractivity contribution in [2.24, 2.45) is 0 Å². The third-order valence-corrected chi connectivity index (χ3v) is 4.67. The molecule has 1 aliphatic heterocycles. The highest BCUT2D eigenvalue weighted by Gasteiger charge is 2.18. The lowest BCUT2D eigenvalue weighted by Gasteiger charge is -2.26. The van der Waals surface area contributed by atoms with Gasteiger partial charge in [-0.1, -0.05) is 12.1 Å². The molecule has 0 saturated carbocycles. The second kappa shape index (κ2) is 5.16. The van der Waals surface area contributed by atoms with Gasteiger partial charge in [-0.2, -0.15) is 16.1 Å². The highest BCUT2D eigenvalue weighted by molar-refractivity contribution is 7.99. The number of aromatic nitrogens is 1. The molecule has 2 aromatic rings. The number of fused-ring (bicyclic) bond motifs is 1. The molecule has 0 spiro atoms. The highest BCUT2D eigenvalue weighted by atomic mass is 32.2. The number of urea groups is 1. The quantitative estimate of drug-likeness (QED) is 0.873. The highest BCUT2D eigenvalue weighted by Crippen LogP contribution is 2.26. The molecule has 2 amide bonds. The van der Waals surface area contributed by atoms with Crippen LogP contribution >= 0.6 is 23.3 Å². The molecule has 1 aromatic carbocycles. The maximum atomic E-state index is 12.1. The van der Waals surface area contributed by atoms with E-state index in [1.54, 1.807) is 0 Å². The Bertz CT molecular complexity index is 563. The Balaban J connectivity index is 1.77. The van der Waals surface area contributed by atoms with Crippen molar-refractivity contribution in [3.63, 3.8) is 0 Å². The lowest BCUT2D eigenvalue weighted by Crippen LogP contribution is -2.40. The molecule has 94 valence electrons. The van der Waals surface area contributed by atoms with E-state index in [1.807, 2.05) is 40.9 Å². The Morgan fingerprint density at radius 2 is 2.06 bits per heavy atom. The number of anilines is 1. The molecule has 0 radical (unpaired) electrons. The molecule has 6 heteroatoms. The molecular weight excluding hydrogens is 266 g/mol. The fourth-order valence-electron chi connectivity index (χ4n) is 1.92. The fourth-order valence-corrected chi connectivity index (χ4v) is 3.56. The van der Waals surface area contributed by atoms with Crippen LogP contribution in [0.2, 0.25) is 0 Å². The van der Waals surface area contributed by atoms with Crippen LogP contribution in [0, 0.1) is 0 Å². The lowest BCUT2D eigenvalue weighted by molar-refractivity contribution is 0.217. The van der Waals surface area contributed by atoms with Crippen molar-refractivity contribution in [1.29, 1.82) is 0 Å². The van der Waals surface area contributed by atoms with Crippen molar-refractivity contribution in [1.82, 2.24) is 9.27 Å². The normalized spacial score (nSPS) is 15.9. The standard InChI is InChI=1S/C12H13N3OS2/c16-12(15-5-7-17-8-6-15)13-11-9-3-1-2-4-10(9)18-14-11/h1-4H,5-8H2,(H,13,14,16). The summed E-state index contributed by atoms with van der Waals surface area (Å²) in [5.41, 5.74) is 0. The maximum Gasteiger partial charge on any atom is 0.323 e. The number of nitrogens with zero attached hydrogens (tertiary/aromatic N) is 2. The van der Waals surface area contributed by atoms with Gasteiger partial charge < -0.3 is 4.90 Å².